The smallest absolute Gasteiger partial charge is 0.321 e. The highest BCUT2D eigenvalue weighted by atomic mass is 35.5. The number of aryl methyl sites for hydroxylation is 1. The lowest BCUT2D eigenvalue weighted by atomic mass is 10.1. The van der Waals surface area contributed by atoms with E-state index in [4.69, 9.17) is 11.6 Å². The molecule has 2 N–H and O–H groups in total. The van der Waals surface area contributed by atoms with Crippen molar-refractivity contribution < 1.29 is 9.90 Å². The van der Waals surface area contributed by atoms with Gasteiger partial charge in [0.25, 0.3) is 0 Å². The maximum atomic E-state index is 12.1. The minimum Gasteiger partial charge on any atom is -0.389 e. The first-order valence-corrected chi connectivity index (χ1v) is 6.65. The molecule has 0 aliphatic heterocycles. The average Bonchev–Trinajstić information content (AvgIpc) is 2.29. The summed E-state index contributed by atoms with van der Waals surface area (Å²) in [5, 5.41) is 13.1. The summed E-state index contributed by atoms with van der Waals surface area (Å²) in [6.07, 6.45) is 0. The molecule has 0 aliphatic rings. The summed E-state index contributed by atoms with van der Waals surface area (Å²) < 4.78 is 0. The quantitative estimate of drug-likeness (QED) is 0.891. The second-order valence-corrected chi connectivity index (χ2v) is 5.65. The molecule has 1 aromatic rings. The summed E-state index contributed by atoms with van der Waals surface area (Å²) in [5.74, 6) is 0. The number of urea groups is 1. The van der Waals surface area contributed by atoms with Crippen molar-refractivity contribution in [3.05, 3.63) is 28.8 Å². The van der Waals surface area contributed by atoms with Crippen molar-refractivity contribution in [3.63, 3.8) is 0 Å². The van der Waals surface area contributed by atoms with Crippen LogP contribution in [0, 0.1) is 6.92 Å². The van der Waals surface area contributed by atoms with E-state index in [2.05, 4.69) is 5.32 Å². The predicted molar refractivity (Wildman–Crippen MR) is 78.8 cm³/mol. The SMILES string of the molecule is CCN(CC(C)(C)O)C(=O)Nc1cc(C)ccc1Cl. The summed E-state index contributed by atoms with van der Waals surface area (Å²) in [7, 11) is 0. The lowest BCUT2D eigenvalue weighted by Gasteiger charge is -2.28. The third kappa shape index (κ3) is 5.09. The van der Waals surface area contributed by atoms with Gasteiger partial charge < -0.3 is 15.3 Å². The summed E-state index contributed by atoms with van der Waals surface area (Å²) in [6.45, 7) is 7.91. The average molecular weight is 285 g/mol. The molecule has 19 heavy (non-hydrogen) atoms. The molecule has 0 heterocycles. The first-order valence-electron chi connectivity index (χ1n) is 6.27. The first-order chi connectivity index (χ1) is 8.73. The molecule has 0 atom stereocenters. The molecule has 0 saturated heterocycles. The maximum absolute atomic E-state index is 12.1. The first kappa shape index (κ1) is 15.8. The van der Waals surface area contributed by atoms with E-state index in [-0.39, 0.29) is 12.6 Å². The molecule has 1 aromatic carbocycles. The molecule has 0 bridgehead atoms. The van der Waals surface area contributed by atoms with Gasteiger partial charge in [-0.3, -0.25) is 0 Å². The van der Waals surface area contributed by atoms with Crippen molar-refractivity contribution >= 4 is 23.3 Å². The molecule has 0 spiro atoms. The Morgan fingerprint density at radius 2 is 2.11 bits per heavy atom. The van der Waals surface area contributed by atoms with Gasteiger partial charge in [-0.2, -0.15) is 0 Å². The molecule has 2 amide bonds. The van der Waals surface area contributed by atoms with Gasteiger partial charge in [0.05, 0.1) is 22.9 Å². The van der Waals surface area contributed by atoms with E-state index >= 15 is 0 Å². The second-order valence-electron chi connectivity index (χ2n) is 5.24. The highest BCUT2D eigenvalue weighted by Crippen LogP contribution is 2.23. The topological polar surface area (TPSA) is 52.6 Å². The van der Waals surface area contributed by atoms with Crippen LogP contribution < -0.4 is 5.32 Å². The third-order valence-electron chi connectivity index (χ3n) is 2.61. The maximum Gasteiger partial charge on any atom is 0.321 e. The van der Waals surface area contributed by atoms with Crippen LogP contribution in [0.25, 0.3) is 0 Å². The fourth-order valence-electron chi connectivity index (χ4n) is 1.72. The van der Waals surface area contributed by atoms with Crippen LogP contribution in [0.1, 0.15) is 26.3 Å². The lowest BCUT2D eigenvalue weighted by molar-refractivity contribution is 0.0501. The second kappa shape index (κ2) is 6.26. The largest absolute Gasteiger partial charge is 0.389 e. The van der Waals surface area contributed by atoms with Gasteiger partial charge in [0.1, 0.15) is 0 Å². The number of likely N-dealkylation sites (N-methyl/N-ethyl adjacent to an activating group) is 1. The Kier molecular flexibility index (Phi) is 5.20. The zero-order chi connectivity index (χ0) is 14.6. The molecule has 5 heteroatoms. The number of aliphatic hydroxyl groups is 1. The molecule has 106 valence electrons. The molecule has 0 radical (unpaired) electrons. The van der Waals surface area contributed by atoms with Crippen LogP contribution in [-0.4, -0.2) is 34.7 Å². The highest BCUT2D eigenvalue weighted by molar-refractivity contribution is 6.33. The van der Waals surface area contributed by atoms with Crippen LogP contribution >= 0.6 is 11.6 Å². The summed E-state index contributed by atoms with van der Waals surface area (Å²) in [4.78, 5) is 13.7. The number of rotatable bonds is 4. The van der Waals surface area contributed by atoms with Crippen LogP contribution in [0.2, 0.25) is 5.02 Å². The van der Waals surface area contributed by atoms with Gasteiger partial charge in [0.2, 0.25) is 0 Å². The van der Waals surface area contributed by atoms with E-state index < -0.39 is 5.60 Å². The monoisotopic (exact) mass is 284 g/mol. The Morgan fingerprint density at radius 3 is 2.63 bits per heavy atom. The van der Waals surface area contributed by atoms with Crippen molar-refractivity contribution in [2.75, 3.05) is 18.4 Å². The van der Waals surface area contributed by atoms with Gasteiger partial charge in [0, 0.05) is 6.54 Å². The Bertz CT molecular complexity index is 455. The molecular weight excluding hydrogens is 264 g/mol. The van der Waals surface area contributed by atoms with E-state index in [1.54, 1.807) is 24.8 Å². The number of halogens is 1. The zero-order valence-corrected chi connectivity index (χ0v) is 12.6. The predicted octanol–water partition coefficient (Wildman–Crippen LogP) is 3.27. The molecular formula is C14H21ClN2O2. The summed E-state index contributed by atoms with van der Waals surface area (Å²) in [6, 6.07) is 5.18. The lowest BCUT2D eigenvalue weighted by Crippen LogP contribution is -2.44. The normalized spacial score (nSPS) is 11.3. The van der Waals surface area contributed by atoms with Crippen molar-refractivity contribution in [1.29, 1.82) is 0 Å². The number of nitrogens with one attached hydrogen (secondary N) is 1. The third-order valence-corrected chi connectivity index (χ3v) is 2.94. The number of hydrogen-bond acceptors (Lipinski definition) is 2. The fraction of sp³-hybridized carbons (Fsp3) is 0.500. The van der Waals surface area contributed by atoms with Crippen molar-refractivity contribution in [1.82, 2.24) is 4.90 Å². The van der Waals surface area contributed by atoms with Crippen molar-refractivity contribution in [2.24, 2.45) is 0 Å². The van der Waals surface area contributed by atoms with E-state index in [1.807, 2.05) is 26.0 Å². The van der Waals surface area contributed by atoms with E-state index in [1.165, 1.54) is 0 Å². The van der Waals surface area contributed by atoms with E-state index in [0.717, 1.165) is 5.56 Å². The number of benzene rings is 1. The van der Waals surface area contributed by atoms with Gasteiger partial charge >= 0.3 is 6.03 Å². The number of hydrogen-bond donors (Lipinski definition) is 2. The van der Waals surface area contributed by atoms with Gasteiger partial charge in [-0.1, -0.05) is 17.7 Å². The van der Waals surface area contributed by atoms with Gasteiger partial charge in [0.15, 0.2) is 0 Å². The Hall–Kier alpha value is -1.26. The van der Waals surface area contributed by atoms with Crippen LogP contribution in [0.15, 0.2) is 18.2 Å². The molecule has 1 rings (SSSR count). The zero-order valence-electron chi connectivity index (χ0n) is 11.8. The minimum atomic E-state index is -0.927. The summed E-state index contributed by atoms with van der Waals surface area (Å²) >= 11 is 6.04. The Labute approximate surface area is 119 Å². The molecule has 0 fully saturated rings. The standard InChI is InChI=1S/C14H21ClN2O2/c1-5-17(9-14(3,4)19)13(18)16-12-8-10(2)6-7-11(12)15/h6-8,19H,5,9H2,1-4H3,(H,16,18). The number of nitrogens with zero attached hydrogens (tertiary/aromatic N) is 1. The highest BCUT2D eigenvalue weighted by Gasteiger charge is 2.21. The van der Waals surface area contributed by atoms with Gasteiger partial charge in [-0.15, -0.1) is 0 Å². The van der Waals surface area contributed by atoms with Crippen molar-refractivity contribution in [3.8, 4) is 0 Å². The van der Waals surface area contributed by atoms with Crippen LogP contribution in [-0.2, 0) is 0 Å². The van der Waals surface area contributed by atoms with E-state index in [0.29, 0.717) is 17.3 Å². The Balaban J connectivity index is 2.80. The minimum absolute atomic E-state index is 0.263. The number of carbonyl (C=O) groups excluding carboxylic acids is 1. The fourth-order valence-corrected chi connectivity index (χ4v) is 1.89. The Morgan fingerprint density at radius 1 is 1.47 bits per heavy atom. The van der Waals surface area contributed by atoms with Crippen LogP contribution in [0.4, 0.5) is 10.5 Å². The molecule has 0 unspecified atom stereocenters. The van der Waals surface area contributed by atoms with Crippen LogP contribution in [0.5, 0.6) is 0 Å². The molecule has 0 saturated carbocycles. The molecule has 0 aliphatic carbocycles. The number of anilines is 1. The van der Waals surface area contributed by atoms with Gasteiger partial charge in [-0.05, 0) is 45.4 Å². The molecule has 4 nitrogen and oxygen atoms in total. The summed E-state index contributed by atoms with van der Waals surface area (Å²) in [5.41, 5.74) is 0.676. The van der Waals surface area contributed by atoms with Crippen molar-refractivity contribution in [2.45, 2.75) is 33.3 Å². The van der Waals surface area contributed by atoms with Gasteiger partial charge in [-0.25, -0.2) is 4.79 Å². The van der Waals surface area contributed by atoms with E-state index in [9.17, 15) is 9.90 Å². The number of amides is 2. The van der Waals surface area contributed by atoms with Crippen LogP contribution in [0.3, 0.4) is 0 Å². The molecule has 0 aromatic heterocycles. The number of carbonyl (C=O) groups is 1.